The van der Waals surface area contributed by atoms with Gasteiger partial charge in [0, 0.05) is 19.8 Å². The molecule has 2 aromatic heterocycles. The lowest BCUT2D eigenvalue weighted by molar-refractivity contribution is 0.589. The van der Waals surface area contributed by atoms with Gasteiger partial charge in [-0.3, -0.25) is 4.31 Å². The minimum atomic E-state index is -3.67. The maximum atomic E-state index is 13.1. The summed E-state index contributed by atoms with van der Waals surface area (Å²) >= 11 is 0. The van der Waals surface area contributed by atoms with Crippen molar-refractivity contribution in [3.8, 4) is 5.69 Å². The number of fused-ring (bicyclic) bond motifs is 1. The number of benzene rings is 1. The summed E-state index contributed by atoms with van der Waals surface area (Å²) < 4.78 is 27.6. The van der Waals surface area contributed by atoms with Gasteiger partial charge < -0.3 is 4.90 Å². The molecule has 0 bridgehead atoms. The van der Waals surface area contributed by atoms with Gasteiger partial charge in [-0.2, -0.15) is 15.0 Å². The number of anilines is 2. The van der Waals surface area contributed by atoms with E-state index in [-0.39, 0.29) is 4.90 Å². The van der Waals surface area contributed by atoms with Crippen molar-refractivity contribution in [2.75, 3.05) is 29.3 Å². The molecule has 3 heterocycles. The molecule has 0 spiro atoms. The molecule has 0 N–H and O–H groups in total. The van der Waals surface area contributed by atoms with Gasteiger partial charge in [0.15, 0.2) is 5.82 Å². The molecule has 128 valence electrons. The van der Waals surface area contributed by atoms with Crippen molar-refractivity contribution in [3.05, 3.63) is 55.0 Å². The molecule has 4 rings (SSSR count). The SMILES string of the molecule is CN1CCN(S(=O)(=O)c2ccc(-n3nccn3)cc2)c2cccnc21. The summed E-state index contributed by atoms with van der Waals surface area (Å²) in [5.74, 6) is 0.662. The predicted octanol–water partition coefficient (Wildman–Crippen LogP) is 1.31. The number of sulfonamides is 1. The van der Waals surface area contributed by atoms with Gasteiger partial charge in [-0.05, 0) is 36.4 Å². The first-order chi connectivity index (χ1) is 12.1. The molecule has 3 aromatic rings. The van der Waals surface area contributed by atoms with E-state index in [1.807, 2.05) is 11.9 Å². The lowest BCUT2D eigenvalue weighted by atomic mass is 10.3. The van der Waals surface area contributed by atoms with E-state index in [9.17, 15) is 8.42 Å². The van der Waals surface area contributed by atoms with Crippen LogP contribution in [0.25, 0.3) is 5.69 Å². The van der Waals surface area contributed by atoms with Crippen LogP contribution in [0, 0.1) is 0 Å². The fourth-order valence-electron chi connectivity index (χ4n) is 2.82. The van der Waals surface area contributed by atoms with Gasteiger partial charge in [-0.25, -0.2) is 13.4 Å². The first-order valence-electron chi connectivity index (χ1n) is 7.73. The Morgan fingerprint density at radius 2 is 1.68 bits per heavy atom. The van der Waals surface area contributed by atoms with E-state index in [0.29, 0.717) is 30.3 Å². The number of aromatic nitrogens is 4. The highest BCUT2D eigenvalue weighted by molar-refractivity contribution is 7.92. The maximum absolute atomic E-state index is 13.1. The van der Waals surface area contributed by atoms with Crippen molar-refractivity contribution >= 4 is 21.5 Å². The molecular formula is C16H16N6O2S. The number of likely N-dealkylation sites (N-methyl/N-ethyl adjacent to an activating group) is 1. The molecule has 8 nitrogen and oxygen atoms in total. The van der Waals surface area contributed by atoms with Crippen molar-refractivity contribution in [1.29, 1.82) is 0 Å². The minimum Gasteiger partial charge on any atom is -0.356 e. The van der Waals surface area contributed by atoms with E-state index in [0.717, 1.165) is 0 Å². The largest absolute Gasteiger partial charge is 0.356 e. The number of nitrogens with zero attached hydrogens (tertiary/aromatic N) is 6. The average molecular weight is 356 g/mol. The van der Waals surface area contributed by atoms with E-state index in [2.05, 4.69) is 15.2 Å². The average Bonchev–Trinajstić information content (AvgIpc) is 3.17. The molecule has 0 saturated heterocycles. The molecule has 25 heavy (non-hydrogen) atoms. The number of pyridine rings is 1. The Labute approximate surface area is 145 Å². The highest BCUT2D eigenvalue weighted by Crippen LogP contribution is 2.33. The van der Waals surface area contributed by atoms with Crippen LogP contribution in [-0.2, 0) is 10.0 Å². The molecule has 0 atom stereocenters. The fraction of sp³-hybridized carbons (Fsp3) is 0.188. The monoisotopic (exact) mass is 356 g/mol. The Morgan fingerprint density at radius 1 is 0.960 bits per heavy atom. The van der Waals surface area contributed by atoms with Crippen molar-refractivity contribution in [2.24, 2.45) is 0 Å². The third kappa shape index (κ3) is 2.62. The van der Waals surface area contributed by atoms with Gasteiger partial charge in [0.05, 0.1) is 35.2 Å². The van der Waals surface area contributed by atoms with Gasteiger partial charge in [0.2, 0.25) is 0 Å². The number of rotatable bonds is 3. The minimum absolute atomic E-state index is 0.225. The zero-order valence-corrected chi connectivity index (χ0v) is 14.3. The van der Waals surface area contributed by atoms with E-state index in [1.54, 1.807) is 55.0 Å². The van der Waals surface area contributed by atoms with Crippen molar-refractivity contribution in [3.63, 3.8) is 0 Å². The van der Waals surface area contributed by atoms with Gasteiger partial charge in [-0.1, -0.05) is 0 Å². The lowest BCUT2D eigenvalue weighted by Crippen LogP contribution is -2.43. The second-order valence-corrected chi connectivity index (χ2v) is 7.52. The van der Waals surface area contributed by atoms with Gasteiger partial charge >= 0.3 is 0 Å². The molecule has 1 aliphatic heterocycles. The predicted molar refractivity (Wildman–Crippen MR) is 93.4 cm³/mol. The second kappa shape index (κ2) is 5.85. The maximum Gasteiger partial charge on any atom is 0.264 e. The summed E-state index contributed by atoms with van der Waals surface area (Å²) in [5, 5.41) is 8.08. The molecule has 0 amide bonds. The normalized spacial score (nSPS) is 14.4. The molecule has 0 unspecified atom stereocenters. The fourth-order valence-corrected chi connectivity index (χ4v) is 4.28. The van der Waals surface area contributed by atoms with E-state index < -0.39 is 10.0 Å². The number of hydrogen-bond acceptors (Lipinski definition) is 6. The van der Waals surface area contributed by atoms with Crippen LogP contribution in [0.2, 0.25) is 0 Å². The van der Waals surface area contributed by atoms with Crippen LogP contribution in [0.1, 0.15) is 0 Å². The lowest BCUT2D eigenvalue weighted by Gasteiger charge is -2.35. The first kappa shape index (κ1) is 15.6. The van der Waals surface area contributed by atoms with Crippen LogP contribution in [0.5, 0.6) is 0 Å². The van der Waals surface area contributed by atoms with E-state index >= 15 is 0 Å². The van der Waals surface area contributed by atoms with E-state index in [4.69, 9.17) is 0 Å². The van der Waals surface area contributed by atoms with Crippen LogP contribution in [0.15, 0.2) is 59.9 Å². The van der Waals surface area contributed by atoms with Crippen LogP contribution in [-0.4, -0.2) is 48.5 Å². The van der Waals surface area contributed by atoms with Crippen LogP contribution >= 0.6 is 0 Å². The quantitative estimate of drug-likeness (QED) is 0.703. The van der Waals surface area contributed by atoms with Crippen molar-refractivity contribution in [1.82, 2.24) is 20.0 Å². The Kier molecular flexibility index (Phi) is 3.65. The topological polar surface area (TPSA) is 84.2 Å². The molecule has 0 radical (unpaired) electrons. The van der Waals surface area contributed by atoms with Crippen LogP contribution in [0.4, 0.5) is 11.5 Å². The Hall–Kier alpha value is -2.94. The zero-order chi connectivity index (χ0) is 17.4. The van der Waals surface area contributed by atoms with Gasteiger partial charge in [0.25, 0.3) is 10.0 Å². The standard InChI is InChI=1S/C16H16N6O2S/c1-20-11-12-21(15-3-2-8-17-16(15)20)25(23,24)14-6-4-13(5-7-14)22-18-9-10-19-22/h2-10H,11-12H2,1H3. The highest BCUT2D eigenvalue weighted by atomic mass is 32.2. The molecule has 0 fully saturated rings. The number of hydrogen-bond donors (Lipinski definition) is 0. The first-order valence-corrected chi connectivity index (χ1v) is 9.17. The molecule has 0 saturated carbocycles. The smallest absolute Gasteiger partial charge is 0.264 e. The van der Waals surface area contributed by atoms with Gasteiger partial charge in [-0.15, -0.1) is 0 Å². The second-order valence-electron chi connectivity index (χ2n) is 5.66. The Bertz CT molecular complexity index is 986. The Balaban J connectivity index is 1.72. The molecule has 1 aromatic carbocycles. The summed E-state index contributed by atoms with van der Waals surface area (Å²) in [6, 6.07) is 10.0. The Morgan fingerprint density at radius 3 is 2.40 bits per heavy atom. The third-order valence-corrected chi connectivity index (χ3v) is 5.94. The van der Waals surface area contributed by atoms with Crippen LogP contribution in [0.3, 0.4) is 0 Å². The van der Waals surface area contributed by atoms with Gasteiger partial charge in [0.1, 0.15) is 0 Å². The summed E-state index contributed by atoms with van der Waals surface area (Å²) in [4.78, 5) is 7.92. The highest BCUT2D eigenvalue weighted by Gasteiger charge is 2.31. The summed E-state index contributed by atoms with van der Waals surface area (Å²) in [5.41, 5.74) is 1.29. The zero-order valence-electron chi connectivity index (χ0n) is 13.5. The summed E-state index contributed by atoms with van der Waals surface area (Å²) in [6.45, 7) is 0.957. The molecule has 0 aliphatic carbocycles. The molecular weight excluding hydrogens is 340 g/mol. The summed E-state index contributed by atoms with van der Waals surface area (Å²) in [6.07, 6.45) is 4.80. The molecule has 9 heteroatoms. The summed E-state index contributed by atoms with van der Waals surface area (Å²) in [7, 11) is -1.76. The van der Waals surface area contributed by atoms with E-state index in [1.165, 1.54) is 9.10 Å². The molecule has 1 aliphatic rings. The third-order valence-electron chi connectivity index (χ3n) is 4.11. The van der Waals surface area contributed by atoms with Crippen molar-refractivity contribution in [2.45, 2.75) is 4.90 Å². The van der Waals surface area contributed by atoms with Crippen LogP contribution < -0.4 is 9.21 Å². The van der Waals surface area contributed by atoms with Crippen molar-refractivity contribution < 1.29 is 8.42 Å².